The molecule has 0 bridgehead atoms. The van der Waals surface area contributed by atoms with E-state index in [1.807, 2.05) is 0 Å². The largest absolute Gasteiger partial charge is 0.507 e. The van der Waals surface area contributed by atoms with Crippen LogP contribution in [0.1, 0.15) is 25.0 Å². The Balaban J connectivity index is 2.70. The number of nitrogens with one attached hydrogen (secondary N) is 1. The van der Waals surface area contributed by atoms with Crippen molar-refractivity contribution in [1.82, 2.24) is 0 Å². The fourth-order valence-corrected chi connectivity index (χ4v) is 2.30. The van der Waals surface area contributed by atoms with Gasteiger partial charge < -0.3 is 20.9 Å². The number of hydrogen-bond acceptors (Lipinski definition) is 4. The third-order valence-electron chi connectivity index (χ3n) is 3.36. The van der Waals surface area contributed by atoms with Crippen molar-refractivity contribution in [3.05, 3.63) is 17.2 Å². The number of anilines is 1. The molecule has 0 atom stereocenters. The number of phenols is 1. The number of nitrogens with two attached hydrogens (primary N) is 1. The minimum absolute atomic E-state index is 0.0852. The molecule has 0 saturated carbocycles. The lowest BCUT2D eigenvalue weighted by Gasteiger charge is -2.19. The van der Waals surface area contributed by atoms with E-state index in [-0.39, 0.29) is 18.1 Å². The summed E-state index contributed by atoms with van der Waals surface area (Å²) in [6, 6.07) is 1.51. The van der Waals surface area contributed by atoms with Gasteiger partial charge in [0.05, 0.1) is 24.6 Å². The Labute approximate surface area is 110 Å². The minimum atomic E-state index is -0.889. The lowest BCUT2D eigenvalue weighted by Crippen LogP contribution is -2.27. The molecule has 0 aromatic heterocycles. The van der Waals surface area contributed by atoms with Gasteiger partial charge in [0.15, 0.2) is 0 Å². The van der Waals surface area contributed by atoms with Crippen LogP contribution in [0.15, 0.2) is 6.07 Å². The predicted octanol–water partition coefficient (Wildman–Crippen LogP) is 0.658. The number of carbonyl (C=O) groups excluding carboxylic acids is 2. The van der Waals surface area contributed by atoms with Gasteiger partial charge >= 0.3 is 0 Å². The highest BCUT2D eigenvalue weighted by atomic mass is 16.5. The smallest absolute Gasteiger partial charge is 0.234 e. The molecule has 2 rings (SSSR count). The van der Waals surface area contributed by atoms with E-state index in [1.54, 1.807) is 13.8 Å². The Kier molecular flexibility index (Phi) is 2.88. The maximum absolute atomic E-state index is 11.9. The van der Waals surface area contributed by atoms with E-state index in [1.165, 1.54) is 13.2 Å². The summed E-state index contributed by atoms with van der Waals surface area (Å²) in [7, 11) is 1.46. The van der Waals surface area contributed by atoms with Crippen LogP contribution >= 0.6 is 0 Å². The summed E-state index contributed by atoms with van der Waals surface area (Å²) in [6.45, 7) is 3.39. The quantitative estimate of drug-likeness (QED) is 0.746. The van der Waals surface area contributed by atoms with Crippen molar-refractivity contribution in [2.75, 3.05) is 12.4 Å². The number of rotatable bonds is 3. The second-order valence-electron chi connectivity index (χ2n) is 5.06. The van der Waals surface area contributed by atoms with Crippen LogP contribution < -0.4 is 15.8 Å². The number of hydrogen-bond donors (Lipinski definition) is 3. The Bertz CT molecular complexity index is 578. The Morgan fingerprint density at radius 1 is 1.53 bits per heavy atom. The molecule has 0 fully saturated rings. The summed E-state index contributed by atoms with van der Waals surface area (Å²) < 4.78 is 5.20. The van der Waals surface area contributed by atoms with Crippen molar-refractivity contribution in [3.63, 3.8) is 0 Å². The van der Waals surface area contributed by atoms with Crippen molar-refractivity contribution in [1.29, 1.82) is 0 Å². The second kappa shape index (κ2) is 4.15. The summed E-state index contributed by atoms with van der Waals surface area (Å²) >= 11 is 0. The number of carbonyl (C=O) groups is 2. The first-order valence-corrected chi connectivity index (χ1v) is 5.82. The molecule has 0 aliphatic carbocycles. The van der Waals surface area contributed by atoms with Crippen LogP contribution in [0.5, 0.6) is 11.5 Å². The van der Waals surface area contributed by atoms with Crippen LogP contribution in [0.3, 0.4) is 0 Å². The summed E-state index contributed by atoms with van der Waals surface area (Å²) in [5, 5.41) is 13.0. The molecule has 1 aliphatic heterocycles. The SMILES string of the molecule is COc1cc(CC(N)=O)c(O)c2c1NC(=O)C2(C)C. The van der Waals surface area contributed by atoms with E-state index in [4.69, 9.17) is 10.5 Å². The van der Waals surface area contributed by atoms with Gasteiger partial charge in [-0.1, -0.05) is 0 Å². The van der Waals surface area contributed by atoms with Crippen LogP contribution in [0, 0.1) is 0 Å². The maximum Gasteiger partial charge on any atom is 0.234 e. The second-order valence-corrected chi connectivity index (χ2v) is 5.06. The van der Waals surface area contributed by atoms with Crippen molar-refractivity contribution in [2.24, 2.45) is 5.73 Å². The topological polar surface area (TPSA) is 102 Å². The molecule has 6 nitrogen and oxygen atoms in total. The number of aromatic hydroxyl groups is 1. The average molecular weight is 264 g/mol. The molecule has 2 amide bonds. The summed E-state index contributed by atoms with van der Waals surface area (Å²) in [5.41, 5.74) is 5.50. The number of amides is 2. The van der Waals surface area contributed by atoms with E-state index in [0.717, 1.165) is 0 Å². The number of ether oxygens (including phenoxy) is 1. The molecular weight excluding hydrogens is 248 g/mol. The summed E-state index contributed by atoms with van der Waals surface area (Å²) in [5.74, 6) is -0.472. The van der Waals surface area contributed by atoms with Gasteiger partial charge in [0.25, 0.3) is 0 Å². The lowest BCUT2D eigenvalue weighted by molar-refractivity contribution is -0.119. The zero-order chi connectivity index (χ0) is 14.4. The normalized spacial score (nSPS) is 15.8. The van der Waals surface area contributed by atoms with Gasteiger partial charge in [-0.05, 0) is 19.9 Å². The van der Waals surface area contributed by atoms with E-state index in [9.17, 15) is 14.7 Å². The van der Waals surface area contributed by atoms with Gasteiger partial charge in [-0.25, -0.2) is 0 Å². The van der Waals surface area contributed by atoms with Gasteiger partial charge in [0, 0.05) is 11.1 Å². The molecule has 0 spiro atoms. The third-order valence-corrected chi connectivity index (χ3v) is 3.36. The van der Waals surface area contributed by atoms with Gasteiger partial charge in [0.2, 0.25) is 11.8 Å². The first-order chi connectivity index (χ1) is 8.78. The molecule has 19 heavy (non-hydrogen) atoms. The molecule has 1 aromatic carbocycles. The van der Waals surface area contributed by atoms with Gasteiger partial charge in [-0.2, -0.15) is 0 Å². The molecule has 102 valence electrons. The monoisotopic (exact) mass is 264 g/mol. The lowest BCUT2D eigenvalue weighted by atomic mass is 9.84. The molecule has 1 aromatic rings. The van der Waals surface area contributed by atoms with Crippen LogP contribution in [0.2, 0.25) is 0 Å². The van der Waals surface area contributed by atoms with E-state index < -0.39 is 11.3 Å². The summed E-state index contributed by atoms with van der Waals surface area (Å²) in [6.07, 6.45) is -0.111. The number of methoxy groups -OCH3 is 1. The minimum Gasteiger partial charge on any atom is -0.507 e. The summed E-state index contributed by atoms with van der Waals surface area (Å²) in [4.78, 5) is 23.0. The van der Waals surface area contributed by atoms with E-state index in [0.29, 0.717) is 22.6 Å². The van der Waals surface area contributed by atoms with Crippen molar-refractivity contribution in [2.45, 2.75) is 25.7 Å². The standard InChI is InChI=1S/C13H16N2O4/c1-13(2)9-10(15-12(13)18)7(19-3)4-6(11(9)17)5-8(14)16/h4,17H,5H2,1-3H3,(H2,14,16)(H,15,18). The van der Waals surface area contributed by atoms with Crippen molar-refractivity contribution in [3.8, 4) is 11.5 Å². The fraction of sp³-hybridized carbons (Fsp3) is 0.385. The third kappa shape index (κ3) is 1.89. The van der Waals surface area contributed by atoms with Crippen LogP contribution in [-0.2, 0) is 21.4 Å². The maximum atomic E-state index is 11.9. The van der Waals surface area contributed by atoms with Crippen LogP contribution in [-0.4, -0.2) is 24.0 Å². The average Bonchev–Trinajstić information content (AvgIpc) is 2.54. The number of phenolic OH excluding ortho intramolecular Hbond substituents is 1. The van der Waals surface area contributed by atoms with Crippen LogP contribution in [0.4, 0.5) is 5.69 Å². The zero-order valence-electron chi connectivity index (χ0n) is 11.0. The molecule has 0 saturated heterocycles. The zero-order valence-corrected chi connectivity index (χ0v) is 11.0. The first-order valence-electron chi connectivity index (χ1n) is 5.82. The number of primary amides is 1. The van der Waals surface area contributed by atoms with Crippen molar-refractivity contribution >= 4 is 17.5 Å². The molecular formula is C13H16N2O4. The number of benzene rings is 1. The highest BCUT2D eigenvalue weighted by Crippen LogP contribution is 2.49. The first kappa shape index (κ1) is 13.2. The van der Waals surface area contributed by atoms with Crippen LogP contribution in [0.25, 0.3) is 0 Å². The fourth-order valence-electron chi connectivity index (χ4n) is 2.30. The Morgan fingerprint density at radius 3 is 2.68 bits per heavy atom. The highest BCUT2D eigenvalue weighted by molar-refractivity contribution is 6.08. The molecule has 0 radical (unpaired) electrons. The van der Waals surface area contributed by atoms with E-state index in [2.05, 4.69) is 5.32 Å². The van der Waals surface area contributed by atoms with Gasteiger partial charge in [-0.3, -0.25) is 9.59 Å². The predicted molar refractivity (Wildman–Crippen MR) is 69.2 cm³/mol. The highest BCUT2D eigenvalue weighted by Gasteiger charge is 2.43. The Morgan fingerprint density at radius 2 is 2.16 bits per heavy atom. The molecule has 4 N–H and O–H groups in total. The Hall–Kier alpha value is -2.24. The van der Waals surface area contributed by atoms with E-state index >= 15 is 0 Å². The molecule has 1 heterocycles. The molecule has 0 unspecified atom stereocenters. The van der Waals surface area contributed by atoms with Gasteiger partial charge in [-0.15, -0.1) is 0 Å². The molecule has 1 aliphatic rings. The van der Waals surface area contributed by atoms with Crippen molar-refractivity contribution < 1.29 is 19.4 Å². The van der Waals surface area contributed by atoms with Gasteiger partial charge in [0.1, 0.15) is 11.5 Å². The molecule has 6 heteroatoms. The number of fused-ring (bicyclic) bond motifs is 1.